The van der Waals surface area contributed by atoms with Crippen LogP contribution in [0.1, 0.15) is 5.56 Å². The summed E-state index contributed by atoms with van der Waals surface area (Å²) in [5.41, 5.74) is 8.98. The van der Waals surface area contributed by atoms with Crippen LogP contribution in [0.3, 0.4) is 0 Å². The largest absolute Gasteiger partial charge is 0.380 e. The molecular formula is C14H12N2OS. The molecule has 0 fully saturated rings. The fourth-order valence-corrected chi connectivity index (χ4v) is 2.72. The summed E-state index contributed by atoms with van der Waals surface area (Å²) in [6.45, 7) is 2.05. The van der Waals surface area contributed by atoms with Gasteiger partial charge in [-0.05, 0) is 24.4 Å². The first-order valence-electron chi connectivity index (χ1n) is 5.62. The molecule has 2 aromatic heterocycles. The van der Waals surface area contributed by atoms with Gasteiger partial charge in [-0.15, -0.1) is 11.3 Å². The Morgan fingerprint density at radius 3 is 2.83 bits per heavy atom. The van der Waals surface area contributed by atoms with Crippen LogP contribution in [0.2, 0.25) is 0 Å². The lowest BCUT2D eigenvalue weighted by molar-refractivity contribution is 0.436. The van der Waals surface area contributed by atoms with Crippen LogP contribution in [0.15, 0.2) is 46.3 Å². The fourth-order valence-electron chi connectivity index (χ4n) is 1.94. The SMILES string of the molecule is Cc1cccc(-c2onc(N)c2-c2cccs2)c1. The number of nitrogens with two attached hydrogens (primary N) is 1. The molecule has 18 heavy (non-hydrogen) atoms. The van der Waals surface area contributed by atoms with Crippen LogP contribution in [0, 0.1) is 6.92 Å². The normalized spacial score (nSPS) is 10.7. The highest BCUT2D eigenvalue weighted by atomic mass is 32.1. The van der Waals surface area contributed by atoms with Crippen molar-refractivity contribution in [3.63, 3.8) is 0 Å². The third kappa shape index (κ3) is 1.80. The summed E-state index contributed by atoms with van der Waals surface area (Å²) >= 11 is 1.63. The van der Waals surface area contributed by atoms with Crippen molar-refractivity contribution < 1.29 is 4.52 Å². The molecule has 2 N–H and O–H groups in total. The molecule has 0 spiro atoms. The van der Waals surface area contributed by atoms with Crippen LogP contribution in [-0.2, 0) is 0 Å². The summed E-state index contributed by atoms with van der Waals surface area (Å²) in [5.74, 6) is 1.17. The molecular weight excluding hydrogens is 244 g/mol. The molecule has 0 unspecified atom stereocenters. The third-order valence-electron chi connectivity index (χ3n) is 2.77. The highest BCUT2D eigenvalue weighted by Gasteiger charge is 2.18. The lowest BCUT2D eigenvalue weighted by atomic mass is 10.1. The van der Waals surface area contributed by atoms with E-state index in [1.165, 1.54) is 5.56 Å². The number of benzene rings is 1. The van der Waals surface area contributed by atoms with Crippen LogP contribution in [0.5, 0.6) is 0 Å². The molecule has 0 bridgehead atoms. The Morgan fingerprint density at radius 1 is 1.22 bits per heavy atom. The maximum absolute atomic E-state index is 5.91. The zero-order chi connectivity index (χ0) is 12.5. The summed E-state index contributed by atoms with van der Waals surface area (Å²) in [6.07, 6.45) is 0. The number of nitrogen functional groups attached to an aromatic ring is 1. The predicted octanol–water partition coefficient (Wildman–Crippen LogP) is 3.96. The maximum atomic E-state index is 5.91. The Balaban J connectivity index is 2.20. The lowest BCUT2D eigenvalue weighted by Crippen LogP contribution is -1.87. The van der Waals surface area contributed by atoms with Crippen LogP contribution in [0.4, 0.5) is 5.82 Å². The van der Waals surface area contributed by atoms with E-state index in [0.717, 1.165) is 21.8 Å². The van der Waals surface area contributed by atoms with Gasteiger partial charge in [0.1, 0.15) is 0 Å². The van der Waals surface area contributed by atoms with E-state index in [2.05, 4.69) is 11.2 Å². The lowest BCUT2D eigenvalue weighted by Gasteiger charge is -2.01. The number of anilines is 1. The van der Waals surface area contributed by atoms with Crippen molar-refractivity contribution in [2.24, 2.45) is 0 Å². The monoisotopic (exact) mass is 256 g/mol. The van der Waals surface area contributed by atoms with Crippen molar-refractivity contribution in [1.82, 2.24) is 5.16 Å². The molecule has 0 amide bonds. The molecule has 1 aromatic carbocycles. The molecule has 3 rings (SSSR count). The molecule has 0 aliphatic rings. The number of hydrogen-bond donors (Lipinski definition) is 1. The summed E-state index contributed by atoms with van der Waals surface area (Å²) in [7, 11) is 0. The summed E-state index contributed by atoms with van der Waals surface area (Å²) in [6, 6.07) is 12.1. The van der Waals surface area contributed by atoms with E-state index in [1.54, 1.807) is 11.3 Å². The maximum Gasteiger partial charge on any atom is 0.177 e. The number of aryl methyl sites for hydroxylation is 1. The second-order valence-corrected chi connectivity index (χ2v) is 5.07. The molecule has 0 aliphatic heterocycles. The number of aromatic nitrogens is 1. The molecule has 90 valence electrons. The first-order chi connectivity index (χ1) is 8.75. The van der Waals surface area contributed by atoms with Crippen LogP contribution in [0.25, 0.3) is 21.8 Å². The first kappa shape index (κ1) is 11.0. The van der Waals surface area contributed by atoms with Gasteiger partial charge >= 0.3 is 0 Å². The van der Waals surface area contributed by atoms with Crippen LogP contribution < -0.4 is 5.73 Å². The summed E-state index contributed by atoms with van der Waals surface area (Å²) < 4.78 is 5.39. The van der Waals surface area contributed by atoms with E-state index in [1.807, 2.05) is 42.6 Å². The van der Waals surface area contributed by atoms with Gasteiger partial charge in [0.25, 0.3) is 0 Å². The van der Waals surface area contributed by atoms with Gasteiger partial charge in [0, 0.05) is 10.4 Å². The quantitative estimate of drug-likeness (QED) is 0.755. The molecule has 0 aliphatic carbocycles. The van der Waals surface area contributed by atoms with Gasteiger partial charge in [-0.25, -0.2) is 0 Å². The van der Waals surface area contributed by atoms with Gasteiger partial charge in [-0.2, -0.15) is 0 Å². The van der Waals surface area contributed by atoms with Gasteiger partial charge < -0.3 is 10.3 Å². The zero-order valence-electron chi connectivity index (χ0n) is 9.88. The molecule has 2 heterocycles. The minimum absolute atomic E-state index is 0.439. The van der Waals surface area contributed by atoms with Crippen molar-refractivity contribution >= 4 is 17.2 Å². The Labute approximate surface area is 109 Å². The van der Waals surface area contributed by atoms with Crippen molar-refractivity contribution in [1.29, 1.82) is 0 Å². The Morgan fingerprint density at radius 2 is 2.11 bits per heavy atom. The second kappa shape index (κ2) is 4.31. The fraction of sp³-hybridized carbons (Fsp3) is 0.0714. The smallest absolute Gasteiger partial charge is 0.177 e. The third-order valence-corrected chi connectivity index (χ3v) is 3.65. The van der Waals surface area contributed by atoms with Crippen molar-refractivity contribution in [2.45, 2.75) is 6.92 Å². The summed E-state index contributed by atoms with van der Waals surface area (Å²) in [4.78, 5) is 1.07. The summed E-state index contributed by atoms with van der Waals surface area (Å²) in [5, 5.41) is 5.90. The topological polar surface area (TPSA) is 52.0 Å². The average molecular weight is 256 g/mol. The number of rotatable bonds is 2. The van der Waals surface area contributed by atoms with Gasteiger partial charge in [-0.1, -0.05) is 35.0 Å². The van der Waals surface area contributed by atoms with Crippen molar-refractivity contribution in [2.75, 3.05) is 5.73 Å². The first-order valence-corrected chi connectivity index (χ1v) is 6.50. The highest BCUT2D eigenvalue weighted by molar-refractivity contribution is 7.13. The molecule has 4 heteroatoms. The van der Waals surface area contributed by atoms with Crippen LogP contribution in [-0.4, -0.2) is 5.16 Å². The van der Waals surface area contributed by atoms with E-state index < -0.39 is 0 Å². The minimum atomic E-state index is 0.439. The van der Waals surface area contributed by atoms with E-state index in [-0.39, 0.29) is 0 Å². The van der Waals surface area contributed by atoms with Gasteiger partial charge in [-0.3, -0.25) is 0 Å². The molecule has 0 saturated heterocycles. The van der Waals surface area contributed by atoms with Gasteiger partial charge in [0.2, 0.25) is 0 Å². The average Bonchev–Trinajstić information content (AvgIpc) is 2.97. The second-order valence-electron chi connectivity index (χ2n) is 4.12. The molecule has 3 aromatic rings. The van der Waals surface area contributed by atoms with E-state index in [0.29, 0.717) is 5.82 Å². The van der Waals surface area contributed by atoms with E-state index in [9.17, 15) is 0 Å². The standard InChI is InChI=1S/C14H12N2OS/c1-9-4-2-5-10(8-9)13-12(14(15)16-17-13)11-6-3-7-18-11/h2-8H,1H3,(H2,15,16). The van der Waals surface area contributed by atoms with Gasteiger partial charge in [0.05, 0.1) is 5.56 Å². The molecule has 0 saturated carbocycles. The molecule has 0 atom stereocenters. The Kier molecular flexibility index (Phi) is 2.64. The van der Waals surface area contributed by atoms with Crippen molar-refractivity contribution in [3.8, 4) is 21.8 Å². The Hall–Kier alpha value is -2.07. The number of hydrogen-bond acceptors (Lipinski definition) is 4. The molecule has 0 radical (unpaired) electrons. The minimum Gasteiger partial charge on any atom is -0.380 e. The predicted molar refractivity (Wildman–Crippen MR) is 74.4 cm³/mol. The van der Waals surface area contributed by atoms with E-state index in [4.69, 9.17) is 10.3 Å². The molecule has 3 nitrogen and oxygen atoms in total. The zero-order valence-corrected chi connectivity index (χ0v) is 10.7. The highest BCUT2D eigenvalue weighted by Crippen LogP contribution is 2.38. The van der Waals surface area contributed by atoms with Crippen LogP contribution >= 0.6 is 11.3 Å². The van der Waals surface area contributed by atoms with Crippen molar-refractivity contribution in [3.05, 3.63) is 47.3 Å². The number of thiophene rings is 1. The Bertz CT molecular complexity index is 671. The number of nitrogens with zero attached hydrogens (tertiary/aromatic N) is 1. The van der Waals surface area contributed by atoms with E-state index >= 15 is 0 Å². The van der Waals surface area contributed by atoms with Gasteiger partial charge in [0.15, 0.2) is 11.6 Å².